The molecule has 1 aromatic heterocycles. The van der Waals surface area contributed by atoms with Crippen LogP contribution >= 0.6 is 27.7 Å². The van der Waals surface area contributed by atoms with Gasteiger partial charge >= 0.3 is 5.69 Å². The van der Waals surface area contributed by atoms with Gasteiger partial charge in [-0.1, -0.05) is 40.2 Å². The molecule has 1 N–H and O–H groups in total. The van der Waals surface area contributed by atoms with Crippen LogP contribution < -0.4 is 11.2 Å². The maximum atomic E-state index is 12.8. The molecule has 6 nitrogen and oxygen atoms in total. The number of halogens is 1. The third kappa shape index (κ3) is 4.71. The number of nitrogens with zero attached hydrogens (tertiary/aromatic N) is 3. The van der Waals surface area contributed by atoms with E-state index in [1.165, 1.54) is 25.9 Å². The van der Waals surface area contributed by atoms with Crippen molar-refractivity contribution in [2.75, 3.05) is 0 Å². The second-order valence-electron chi connectivity index (χ2n) is 6.58. The monoisotopic (exact) mass is 473 g/mol. The Bertz CT molecular complexity index is 1200. The predicted molar refractivity (Wildman–Crippen MR) is 121 cm³/mol. The summed E-state index contributed by atoms with van der Waals surface area (Å²) in [4.78, 5) is 29.6. The Morgan fingerprint density at radius 2 is 1.79 bits per heavy atom. The molecule has 0 fully saturated rings. The maximum Gasteiger partial charge on any atom is 0.333 e. The van der Waals surface area contributed by atoms with Crippen molar-refractivity contribution in [3.8, 4) is 5.88 Å². The molecule has 150 valence electrons. The highest BCUT2D eigenvalue weighted by molar-refractivity contribution is 9.10. The van der Waals surface area contributed by atoms with E-state index in [-0.39, 0.29) is 5.56 Å². The summed E-state index contributed by atoms with van der Waals surface area (Å²) in [6.07, 6.45) is 0. The van der Waals surface area contributed by atoms with Crippen LogP contribution in [-0.2, 0) is 19.8 Å². The first kappa shape index (κ1) is 21.1. The third-order valence-corrected chi connectivity index (χ3v) is 5.94. The standard InChI is InChI=1S/C21H20BrN3O3S/c1-13-5-4-6-16(11-13)23-18(29-12-14-7-9-15(22)10-8-14)17-19(26)24(2)21(28)25(3)20(17)27/h4-11,26H,12H2,1-3H3. The van der Waals surface area contributed by atoms with Gasteiger partial charge in [0.15, 0.2) is 0 Å². The number of hydrogen-bond donors (Lipinski definition) is 1. The van der Waals surface area contributed by atoms with E-state index in [1.54, 1.807) is 0 Å². The molecule has 0 amide bonds. The summed E-state index contributed by atoms with van der Waals surface area (Å²) in [5.41, 5.74) is 1.57. The smallest absolute Gasteiger partial charge is 0.333 e. The quantitative estimate of drug-likeness (QED) is 0.460. The first-order valence-electron chi connectivity index (χ1n) is 8.80. The average Bonchev–Trinajstić information content (AvgIpc) is 2.70. The molecular formula is C21H20BrN3O3S. The van der Waals surface area contributed by atoms with E-state index in [4.69, 9.17) is 0 Å². The van der Waals surface area contributed by atoms with Crippen molar-refractivity contribution in [1.82, 2.24) is 9.13 Å². The van der Waals surface area contributed by atoms with Gasteiger partial charge in [0.2, 0.25) is 5.88 Å². The van der Waals surface area contributed by atoms with Crippen LogP contribution in [0.5, 0.6) is 5.88 Å². The molecule has 8 heteroatoms. The van der Waals surface area contributed by atoms with Crippen LogP contribution in [0.4, 0.5) is 5.69 Å². The minimum absolute atomic E-state index is 0.0122. The van der Waals surface area contributed by atoms with Crippen molar-refractivity contribution in [1.29, 1.82) is 0 Å². The molecule has 0 unspecified atom stereocenters. The van der Waals surface area contributed by atoms with Gasteiger partial charge in [-0.25, -0.2) is 9.79 Å². The first-order valence-corrected chi connectivity index (χ1v) is 10.6. The van der Waals surface area contributed by atoms with Crippen molar-refractivity contribution >= 4 is 38.4 Å². The van der Waals surface area contributed by atoms with Gasteiger partial charge in [-0.05, 0) is 42.3 Å². The molecule has 3 aromatic rings. The van der Waals surface area contributed by atoms with Crippen molar-refractivity contribution in [2.45, 2.75) is 12.7 Å². The summed E-state index contributed by atoms with van der Waals surface area (Å²) in [6, 6.07) is 15.4. The Balaban J connectivity index is 2.12. The Morgan fingerprint density at radius 3 is 2.45 bits per heavy atom. The van der Waals surface area contributed by atoms with E-state index >= 15 is 0 Å². The number of aliphatic imine (C=N–C) groups is 1. The van der Waals surface area contributed by atoms with Gasteiger partial charge in [0.25, 0.3) is 5.56 Å². The molecule has 1 heterocycles. The van der Waals surface area contributed by atoms with Crippen LogP contribution in [0.25, 0.3) is 0 Å². The van der Waals surface area contributed by atoms with E-state index in [0.29, 0.717) is 16.5 Å². The van der Waals surface area contributed by atoms with E-state index in [9.17, 15) is 14.7 Å². The van der Waals surface area contributed by atoms with E-state index in [0.717, 1.165) is 24.7 Å². The number of aromatic hydroxyl groups is 1. The highest BCUT2D eigenvalue weighted by atomic mass is 79.9. The fourth-order valence-electron chi connectivity index (χ4n) is 2.73. The molecular weight excluding hydrogens is 454 g/mol. The summed E-state index contributed by atoms with van der Waals surface area (Å²) in [6.45, 7) is 1.95. The lowest BCUT2D eigenvalue weighted by molar-refractivity contribution is 0.410. The fourth-order valence-corrected chi connectivity index (χ4v) is 3.98. The fraction of sp³-hybridized carbons (Fsp3) is 0.190. The molecule has 0 spiro atoms. The molecule has 0 radical (unpaired) electrons. The van der Waals surface area contributed by atoms with Crippen LogP contribution in [0.1, 0.15) is 16.7 Å². The van der Waals surface area contributed by atoms with Crippen LogP contribution in [0.15, 0.2) is 67.6 Å². The zero-order valence-corrected chi connectivity index (χ0v) is 18.6. The third-order valence-electron chi connectivity index (χ3n) is 4.37. The van der Waals surface area contributed by atoms with E-state index in [2.05, 4.69) is 20.9 Å². The van der Waals surface area contributed by atoms with Gasteiger partial charge in [-0.3, -0.25) is 13.9 Å². The van der Waals surface area contributed by atoms with Gasteiger partial charge in [-0.2, -0.15) is 0 Å². The summed E-state index contributed by atoms with van der Waals surface area (Å²) in [5.74, 6) is 0.149. The molecule has 0 bridgehead atoms. The molecule has 0 atom stereocenters. The molecule has 0 aliphatic rings. The van der Waals surface area contributed by atoms with Crippen molar-refractivity contribution < 1.29 is 5.11 Å². The number of hydrogen-bond acceptors (Lipinski definition) is 5. The molecule has 3 rings (SSSR count). The van der Waals surface area contributed by atoms with E-state index in [1.807, 2.05) is 55.5 Å². The SMILES string of the molecule is Cc1cccc(N=C(SCc2ccc(Br)cc2)c2c(O)n(C)c(=O)n(C)c2=O)c1. The lowest BCUT2D eigenvalue weighted by atomic mass is 10.2. The Hall–Kier alpha value is -2.58. The van der Waals surface area contributed by atoms with Crippen molar-refractivity contribution in [3.05, 3.63) is 90.5 Å². The molecule has 29 heavy (non-hydrogen) atoms. The highest BCUT2D eigenvalue weighted by Gasteiger charge is 2.21. The second-order valence-corrected chi connectivity index (χ2v) is 8.46. The maximum absolute atomic E-state index is 12.8. The molecule has 0 saturated heterocycles. The van der Waals surface area contributed by atoms with E-state index < -0.39 is 17.1 Å². The molecule has 2 aromatic carbocycles. The van der Waals surface area contributed by atoms with Gasteiger partial charge < -0.3 is 5.11 Å². The van der Waals surface area contributed by atoms with Gasteiger partial charge in [0, 0.05) is 24.3 Å². The summed E-state index contributed by atoms with van der Waals surface area (Å²) < 4.78 is 2.99. The average molecular weight is 474 g/mol. The lowest BCUT2D eigenvalue weighted by Crippen LogP contribution is -2.39. The van der Waals surface area contributed by atoms with Gasteiger partial charge in [-0.15, -0.1) is 11.8 Å². The summed E-state index contributed by atoms with van der Waals surface area (Å²) >= 11 is 4.75. The highest BCUT2D eigenvalue weighted by Crippen LogP contribution is 2.26. The van der Waals surface area contributed by atoms with Crippen molar-refractivity contribution in [3.63, 3.8) is 0 Å². The number of thioether (sulfide) groups is 1. The zero-order chi connectivity index (χ0) is 21.1. The Labute approximate surface area is 180 Å². The molecule has 0 aliphatic heterocycles. The number of rotatable bonds is 4. The summed E-state index contributed by atoms with van der Waals surface area (Å²) in [5, 5.41) is 10.9. The number of aromatic nitrogens is 2. The zero-order valence-electron chi connectivity index (χ0n) is 16.2. The first-order chi connectivity index (χ1) is 13.8. The Morgan fingerprint density at radius 1 is 1.10 bits per heavy atom. The topological polar surface area (TPSA) is 76.6 Å². The molecule has 0 aliphatic carbocycles. The molecule has 0 saturated carbocycles. The largest absolute Gasteiger partial charge is 0.494 e. The number of benzene rings is 2. The van der Waals surface area contributed by atoms with Crippen LogP contribution in [-0.4, -0.2) is 19.3 Å². The predicted octanol–water partition coefficient (Wildman–Crippen LogP) is 3.87. The van der Waals surface area contributed by atoms with Gasteiger partial charge in [0.1, 0.15) is 10.6 Å². The van der Waals surface area contributed by atoms with Crippen LogP contribution in [0.3, 0.4) is 0 Å². The van der Waals surface area contributed by atoms with Crippen LogP contribution in [0, 0.1) is 6.92 Å². The van der Waals surface area contributed by atoms with Crippen molar-refractivity contribution in [2.24, 2.45) is 19.1 Å². The Kier molecular flexibility index (Phi) is 6.44. The minimum Gasteiger partial charge on any atom is -0.494 e. The normalized spacial score (nSPS) is 11.7. The second kappa shape index (κ2) is 8.84. The lowest BCUT2D eigenvalue weighted by Gasteiger charge is -2.12. The minimum atomic E-state index is -0.593. The van der Waals surface area contributed by atoms with Gasteiger partial charge in [0.05, 0.1) is 5.69 Å². The van der Waals surface area contributed by atoms with Crippen LogP contribution in [0.2, 0.25) is 0 Å². The number of aryl methyl sites for hydroxylation is 1. The summed E-state index contributed by atoms with van der Waals surface area (Å²) in [7, 11) is 2.81.